The molecule has 1 aliphatic rings. The van der Waals surface area contributed by atoms with Gasteiger partial charge < -0.3 is 9.64 Å². The predicted octanol–water partition coefficient (Wildman–Crippen LogP) is 1.77. The summed E-state index contributed by atoms with van der Waals surface area (Å²) in [4.78, 5) is 2.48. The molecule has 0 aromatic heterocycles. The second kappa shape index (κ2) is 8.47. The van der Waals surface area contributed by atoms with E-state index in [1.807, 2.05) is 13.8 Å². The first-order valence-corrected chi connectivity index (χ1v) is 7.16. The Morgan fingerprint density at radius 1 is 1.33 bits per heavy atom. The first-order valence-electron chi connectivity index (χ1n) is 7.16. The van der Waals surface area contributed by atoms with Gasteiger partial charge in [-0.05, 0) is 45.7 Å². The zero-order valence-corrected chi connectivity index (χ0v) is 11.9. The van der Waals surface area contributed by atoms with E-state index in [0.717, 1.165) is 58.7 Å². The highest BCUT2D eigenvalue weighted by atomic mass is 16.5. The molecule has 1 aliphatic heterocycles. The molecule has 1 fully saturated rings. The lowest BCUT2D eigenvalue weighted by molar-refractivity contribution is 0.141. The van der Waals surface area contributed by atoms with Crippen LogP contribution in [0.3, 0.4) is 0 Å². The molecule has 1 atom stereocenters. The van der Waals surface area contributed by atoms with Gasteiger partial charge >= 0.3 is 0 Å². The number of ether oxygens (including phenoxy) is 1. The van der Waals surface area contributed by atoms with E-state index in [2.05, 4.69) is 16.3 Å². The van der Waals surface area contributed by atoms with Crippen molar-refractivity contribution in [2.24, 2.45) is 0 Å². The second-order valence-corrected chi connectivity index (χ2v) is 5.24. The molecule has 0 spiro atoms. The zero-order chi connectivity index (χ0) is 13.3. The molecule has 0 bridgehead atoms. The van der Waals surface area contributed by atoms with Crippen molar-refractivity contribution in [3.63, 3.8) is 0 Å². The fraction of sp³-hybridized carbons (Fsp3) is 0.929. The molecule has 0 aliphatic carbocycles. The molecule has 0 saturated carbocycles. The summed E-state index contributed by atoms with van der Waals surface area (Å²) in [5, 5.41) is 12.4. The Kier molecular flexibility index (Phi) is 7.26. The van der Waals surface area contributed by atoms with Crippen molar-refractivity contribution in [1.29, 1.82) is 5.26 Å². The van der Waals surface area contributed by atoms with Gasteiger partial charge in [-0.25, -0.2) is 0 Å². The Morgan fingerprint density at radius 3 is 2.89 bits per heavy atom. The Balaban J connectivity index is 2.15. The summed E-state index contributed by atoms with van der Waals surface area (Å²) >= 11 is 0. The van der Waals surface area contributed by atoms with E-state index < -0.39 is 0 Å². The normalized spacial score (nSPS) is 20.9. The molecule has 104 valence electrons. The summed E-state index contributed by atoms with van der Waals surface area (Å²) < 4.78 is 5.44. The predicted molar refractivity (Wildman–Crippen MR) is 73.4 cm³/mol. The van der Waals surface area contributed by atoms with Gasteiger partial charge in [0.15, 0.2) is 0 Å². The van der Waals surface area contributed by atoms with Crippen LogP contribution in [-0.2, 0) is 4.74 Å². The summed E-state index contributed by atoms with van der Waals surface area (Å²) in [6.45, 7) is 10.0. The minimum absolute atomic E-state index is 0.351. The van der Waals surface area contributed by atoms with Gasteiger partial charge in [-0.15, -0.1) is 0 Å². The highest BCUT2D eigenvalue weighted by molar-refractivity contribution is 5.03. The van der Waals surface area contributed by atoms with Gasteiger partial charge in [-0.3, -0.25) is 5.32 Å². The van der Waals surface area contributed by atoms with Gasteiger partial charge in [0.1, 0.15) is 5.54 Å². The standard InChI is InChI=1S/C14H27N3O/c1-3-16-14(2,13-15)7-4-5-8-17-9-6-11-18-12-10-17/h16H,3-12H2,1-2H3. The SMILES string of the molecule is CCNC(C)(C#N)CCCCN1CCCOCC1. The van der Waals surface area contributed by atoms with Gasteiger partial charge in [0.2, 0.25) is 0 Å². The average Bonchev–Trinajstić information content (AvgIpc) is 2.64. The molecule has 4 heteroatoms. The summed E-state index contributed by atoms with van der Waals surface area (Å²) in [5.41, 5.74) is -0.351. The minimum atomic E-state index is -0.351. The number of hydrogen-bond acceptors (Lipinski definition) is 4. The van der Waals surface area contributed by atoms with E-state index in [4.69, 9.17) is 10.00 Å². The van der Waals surface area contributed by atoms with E-state index in [1.54, 1.807) is 0 Å². The number of nitrogens with one attached hydrogen (secondary N) is 1. The van der Waals surface area contributed by atoms with Crippen LogP contribution < -0.4 is 5.32 Å². The molecule has 1 unspecified atom stereocenters. The van der Waals surface area contributed by atoms with Crippen molar-refractivity contribution in [3.05, 3.63) is 0 Å². The Morgan fingerprint density at radius 2 is 2.17 bits per heavy atom. The largest absolute Gasteiger partial charge is 0.380 e. The van der Waals surface area contributed by atoms with Crippen molar-refractivity contribution < 1.29 is 4.74 Å². The van der Waals surface area contributed by atoms with Gasteiger partial charge in [-0.1, -0.05) is 6.92 Å². The molecule has 18 heavy (non-hydrogen) atoms. The van der Waals surface area contributed by atoms with E-state index in [1.165, 1.54) is 6.42 Å². The third-order valence-electron chi connectivity index (χ3n) is 3.53. The van der Waals surface area contributed by atoms with Gasteiger partial charge in [0.05, 0.1) is 12.7 Å². The van der Waals surface area contributed by atoms with Gasteiger partial charge in [0.25, 0.3) is 0 Å². The number of nitrogens with zero attached hydrogens (tertiary/aromatic N) is 2. The van der Waals surface area contributed by atoms with E-state index >= 15 is 0 Å². The van der Waals surface area contributed by atoms with Crippen LogP contribution in [0.25, 0.3) is 0 Å². The Labute approximate surface area is 111 Å². The summed E-state index contributed by atoms with van der Waals surface area (Å²) in [6, 6.07) is 2.38. The summed E-state index contributed by atoms with van der Waals surface area (Å²) in [7, 11) is 0. The van der Waals surface area contributed by atoms with Gasteiger partial charge in [-0.2, -0.15) is 5.26 Å². The minimum Gasteiger partial charge on any atom is -0.380 e. The van der Waals surface area contributed by atoms with E-state index in [0.29, 0.717) is 0 Å². The van der Waals surface area contributed by atoms with Crippen LogP contribution in [0.4, 0.5) is 0 Å². The van der Waals surface area contributed by atoms with Crippen LogP contribution in [0.5, 0.6) is 0 Å². The molecule has 0 aromatic rings. The van der Waals surface area contributed by atoms with Crippen molar-refractivity contribution in [2.75, 3.05) is 39.4 Å². The highest BCUT2D eigenvalue weighted by Crippen LogP contribution is 2.13. The summed E-state index contributed by atoms with van der Waals surface area (Å²) in [6.07, 6.45) is 4.35. The Hall–Kier alpha value is -0.630. The first-order chi connectivity index (χ1) is 8.70. The molecular weight excluding hydrogens is 226 g/mol. The molecule has 1 rings (SSSR count). The van der Waals surface area contributed by atoms with Crippen LogP contribution in [0.1, 0.15) is 39.5 Å². The smallest absolute Gasteiger partial charge is 0.103 e. The molecule has 4 nitrogen and oxygen atoms in total. The van der Waals surface area contributed by atoms with Crippen LogP contribution in [-0.4, -0.2) is 49.8 Å². The fourth-order valence-corrected chi connectivity index (χ4v) is 2.41. The Bertz CT molecular complexity index is 256. The van der Waals surface area contributed by atoms with Crippen LogP contribution in [0.2, 0.25) is 0 Å². The van der Waals surface area contributed by atoms with Crippen LogP contribution in [0, 0.1) is 11.3 Å². The lowest BCUT2D eigenvalue weighted by Gasteiger charge is -2.23. The third kappa shape index (κ3) is 5.81. The zero-order valence-electron chi connectivity index (χ0n) is 11.9. The van der Waals surface area contributed by atoms with E-state index in [-0.39, 0.29) is 5.54 Å². The molecule has 0 radical (unpaired) electrons. The molecule has 1 N–H and O–H groups in total. The van der Waals surface area contributed by atoms with Crippen LogP contribution in [0.15, 0.2) is 0 Å². The number of rotatable bonds is 7. The highest BCUT2D eigenvalue weighted by Gasteiger charge is 2.21. The fourth-order valence-electron chi connectivity index (χ4n) is 2.41. The maximum Gasteiger partial charge on any atom is 0.103 e. The number of nitriles is 1. The van der Waals surface area contributed by atoms with Crippen molar-refractivity contribution in [1.82, 2.24) is 10.2 Å². The molecule has 0 amide bonds. The number of unbranched alkanes of at least 4 members (excludes halogenated alkanes) is 1. The molecular formula is C14H27N3O. The topological polar surface area (TPSA) is 48.3 Å². The van der Waals surface area contributed by atoms with Crippen molar-refractivity contribution >= 4 is 0 Å². The average molecular weight is 253 g/mol. The molecule has 1 saturated heterocycles. The quantitative estimate of drug-likeness (QED) is 0.703. The van der Waals surface area contributed by atoms with Crippen molar-refractivity contribution in [3.8, 4) is 6.07 Å². The molecule has 0 aromatic carbocycles. The van der Waals surface area contributed by atoms with Crippen molar-refractivity contribution in [2.45, 2.75) is 45.1 Å². The van der Waals surface area contributed by atoms with Crippen LogP contribution >= 0.6 is 0 Å². The monoisotopic (exact) mass is 253 g/mol. The maximum absolute atomic E-state index is 9.16. The molecule has 1 heterocycles. The lowest BCUT2D eigenvalue weighted by Crippen LogP contribution is -2.40. The summed E-state index contributed by atoms with van der Waals surface area (Å²) in [5.74, 6) is 0. The first kappa shape index (κ1) is 15.4. The van der Waals surface area contributed by atoms with Gasteiger partial charge in [0, 0.05) is 19.7 Å². The number of hydrogen-bond donors (Lipinski definition) is 1. The lowest BCUT2D eigenvalue weighted by atomic mass is 9.96. The third-order valence-corrected chi connectivity index (χ3v) is 3.53. The van der Waals surface area contributed by atoms with E-state index in [9.17, 15) is 0 Å². The second-order valence-electron chi connectivity index (χ2n) is 5.24. The maximum atomic E-state index is 9.16.